The number of hydrogen-bond donors (Lipinski definition) is 0. The Morgan fingerprint density at radius 2 is 2.05 bits per heavy atom. The molecule has 1 aromatic heterocycles. The number of hydrogen-bond acceptors (Lipinski definition) is 4. The normalized spacial score (nSPS) is 11.2. The molecule has 1 aromatic rings. The van der Waals surface area contributed by atoms with Crippen molar-refractivity contribution in [3.05, 3.63) is 28.5 Å². The molecule has 0 aromatic carbocycles. The number of pyridine rings is 1. The molecule has 0 atom stereocenters. The number of alkyl halides is 3. The summed E-state index contributed by atoms with van der Waals surface area (Å²) < 4.78 is 41.3. The number of esters is 1. The first kappa shape index (κ1) is 15.4. The Balaban J connectivity index is 2.89. The van der Waals surface area contributed by atoms with Crippen LogP contribution in [-0.4, -0.2) is 29.5 Å². The maximum Gasteiger partial charge on any atom is 0.393 e. The fourth-order valence-electron chi connectivity index (χ4n) is 1.24. The van der Waals surface area contributed by atoms with Crippen molar-refractivity contribution in [2.75, 3.05) is 6.61 Å². The first-order valence-electron chi connectivity index (χ1n) is 5.07. The van der Waals surface area contributed by atoms with Gasteiger partial charge in [-0.3, -0.25) is 9.59 Å². The van der Waals surface area contributed by atoms with Crippen molar-refractivity contribution < 1.29 is 27.5 Å². The summed E-state index contributed by atoms with van der Waals surface area (Å²) in [5.41, 5.74) is -0.396. The predicted molar refractivity (Wildman–Crippen MR) is 60.0 cm³/mol. The highest BCUT2D eigenvalue weighted by Crippen LogP contribution is 2.25. The summed E-state index contributed by atoms with van der Waals surface area (Å²) >= 11 is 5.53. The van der Waals surface area contributed by atoms with Gasteiger partial charge in [0.25, 0.3) is 0 Å². The van der Waals surface area contributed by atoms with E-state index in [2.05, 4.69) is 9.72 Å². The fourth-order valence-corrected chi connectivity index (χ4v) is 1.41. The lowest BCUT2D eigenvalue weighted by Gasteiger charge is -2.09. The first-order chi connectivity index (χ1) is 8.69. The minimum atomic E-state index is -4.46. The Labute approximate surface area is 111 Å². The van der Waals surface area contributed by atoms with E-state index in [1.54, 1.807) is 0 Å². The molecule has 0 saturated heterocycles. The van der Waals surface area contributed by atoms with Gasteiger partial charge in [-0.2, -0.15) is 13.2 Å². The predicted octanol–water partition coefficient (Wildman–Crippen LogP) is 2.59. The summed E-state index contributed by atoms with van der Waals surface area (Å²) in [6, 6.07) is 0.995. The molecular weight excluding hydrogens is 287 g/mol. The third kappa shape index (κ3) is 5.25. The van der Waals surface area contributed by atoms with Crippen molar-refractivity contribution in [2.24, 2.45) is 0 Å². The summed E-state index contributed by atoms with van der Waals surface area (Å²) in [6.07, 6.45) is -4.70. The summed E-state index contributed by atoms with van der Waals surface area (Å²) in [5.74, 6) is -1.31. The van der Waals surface area contributed by atoms with Crippen molar-refractivity contribution in [1.29, 1.82) is 0 Å². The Morgan fingerprint density at radius 1 is 1.42 bits per heavy atom. The van der Waals surface area contributed by atoms with Crippen LogP contribution in [0.5, 0.6) is 0 Å². The second-order valence-corrected chi connectivity index (χ2v) is 4.03. The van der Waals surface area contributed by atoms with E-state index < -0.39 is 31.0 Å². The van der Waals surface area contributed by atoms with Gasteiger partial charge in [-0.25, -0.2) is 4.98 Å². The summed E-state index contributed by atoms with van der Waals surface area (Å²) in [7, 11) is 0. The van der Waals surface area contributed by atoms with Gasteiger partial charge in [0.2, 0.25) is 5.78 Å². The molecule has 0 aliphatic rings. The molecule has 0 saturated carbocycles. The highest BCUT2D eigenvalue weighted by atomic mass is 35.5. The van der Waals surface area contributed by atoms with Gasteiger partial charge in [0.1, 0.15) is 5.15 Å². The standard InChI is InChI=1S/C11H9ClF3NO3/c1-6(17)19-5-9(18)8-2-7(3-11(13,14)15)10(12)16-4-8/h2,4H,3,5H2,1H3. The fraction of sp³-hybridized carbons (Fsp3) is 0.364. The lowest BCUT2D eigenvalue weighted by Crippen LogP contribution is -2.15. The molecule has 8 heteroatoms. The lowest BCUT2D eigenvalue weighted by molar-refractivity contribution is -0.139. The molecule has 104 valence electrons. The molecule has 0 fully saturated rings. The molecule has 19 heavy (non-hydrogen) atoms. The number of nitrogens with zero attached hydrogens (tertiary/aromatic N) is 1. The van der Waals surface area contributed by atoms with E-state index in [0.29, 0.717) is 0 Å². The van der Waals surface area contributed by atoms with Crippen molar-refractivity contribution in [3.63, 3.8) is 0 Å². The van der Waals surface area contributed by atoms with Crippen LogP contribution in [0, 0.1) is 0 Å². The molecule has 0 aliphatic heterocycles. The summed E-state index contributed by atoms with van der Waals surface area (Å²) in [4.78, 5) is 25.6. The van der Waals surface area contributed by atoms with E-state index in [4.69, 9.17) is 11.6 Å². The van der Waals surface area contributed by atoms with Gasteiger partial charge in [-0.1, -0.05) is 11.6 Å². The van der Waals surface area contributed by atoms with E-state index in [1.165, 1.54) is 0 Å². The van der Waals surface area contributed by atoms with Crippen molar-refractivity contribution in [3.8, 4) is 0 Å². The maximum atomic E-state index is 12.3. The monoisotopic (exact) mass is 295 g/mol. The van der Waals surface area contributed by atoms with Crippen LogP contribution in [0.4, 0.5) is 13.2 Å². The van der Waals surface area contributed by atoms with Crippen LogP contribution in [0.25, 0.3) is 0 Å². The topological polar surface area (TPSA) is 56.3 Å². The Bertz CT molecular complexity index is 502. The second-order valence-electron chi connectivity index (χ2n) is 3.67. The number of Topliss-reactive ketones (excluding diaryl/α,β-unsaturated/α-hetero) is 1. The molecular formula is C11H9ClF3NO3. The summed E-state index contributed by atoms with van der Waals surface area (Å²) in [6.45, 7) is 0.562. The third-order valence-corrected chi connectivity index (χ3v) is 2.37. The number of ketones is 1. The zero-order chi connectivity index (χ0) is 14.6. The van der Waals surface area contributed by atoms with Gasteiger partial charge in [0.05, 0.1) is 6.42 Å². The van der Waals surface area contributed by atoms with Crippen LogP contribution in [0.2, 0.25) is 5.15 Å². The van der Waals surface area contributed by atoms with E-state index in [0.717, 1.165) is 19.2 Å². The molecule has 4 nitrogen and oxygen atoms in total. The smallest absolute Gasteiger partial charge is 0.393 e. The SMILES string of the molecule is CC(=O)OCC(=O)c1cnc(Cl)c(CC(F)(F)F)c1. The molecule has 1 rings (SSSR count). The highest BCUT2D eigenvalue weighted by Gasteiger charge is 2.29. The van der Waals surface area contributed by atoms with Crippen molar-refractivity contribution in [2.45, 2.75) is 19.5 Å². The van der Waals surface area contributed by atoms with Gasteiger partial charge in [-0.05, 0) is 11.6 Å². The molecule has 0 amide bonds. The number of carbonyl (C=O) groups is 2. The average Bonchev–Trinajstić information content (AvgIpc) is 2.27. The highest BCUT2D eigenvalue weighted by molar-refractivity contribution is 6.30. The van der Waals surface area contributed by atoms with Crippen LogP contribution in [0.3, 0.4) is 0 Å². The quantitative estimate of drug-likeness (QED) is 0.487. The minimum absolute atomic E-state index is 0.0927. The van der Waals surface area contributed by atoms with Crippen molar-refractivity contribution in [1.82, 2.24) is 4.98 Å². The molecule has 0 radical (unpaired) electrons. The molecule has 0 aliphatic carbocycles. The second kappa shape index (κ2) is 6.01. The number of halogens is 4. The first-order valence-corrected chi connectivity index (χ1v) is 5.44. The van der Waals surface area contributed by atoms with E-state index in [9.17, 15) is 22.8 Å². The summed E-state index contributed by atoms with van der Waals surface area (Å²) in [5, 5.41) is -0.318. The van der Waals surface area contributed by atoms with Gasteiger partial charge < -0.3 is 4.74 Å². The van der Waals surface area contributed by atoms with E-state index >= 15 is 0 Å². The van der Waals surface area contributed by atoms with E-state index in [-0.39, 0.29) is 16.3 Å². The molecule has 0 bridgehead atoms. The molecule has 0 unspecified atom stereocenters. The number of ether oxygens (including phenoxy) is 1. The van der Waals surface area contributed by atoms with Crippen LogP contribution < -0.4 is 0 Å². The van der Waals surface area contributed by atoms with Crippen LogP contribution in [0.15, 0.2) is 12.3 Å². The van der Waals surface area contributed by atoms with Gasteiger partial charge in [0, 0.05) is 18.7 Å². The minimum Gasteiger partial charge on any atom is -0.457 e. The van der Waals surface area contributed by atoms with E-state index in [1.807, 2.05) is 0 Å². The molecule has 0 N–H and O–H groups in total. The zero-order valence-electron chi connectivity index (χ0n) is 9.75. The Morgan fingerprint density at radius 3 is 2.58 bits per heavy atom. The third-order valence-electron chi connectivity index (χ3n) is 2.03. The van der Waals surface area contributed by atoms with Crippen LogP contribution in [-0.2, 0) is 16.0 Å². The lowest BCUT2D eigenvalue weighted by atomic mass is 10.1. The average molecular weight is 296 g/mol. The van der Waals surface area contributed by atoms with Gasteiger partial charge in [0.15, 0.2) is 6.61 Å². The largest absolute Gasteiger partial charge is 0.457 e. The Kier molecular flexibility index (Phi) is 4.88. The molecule has 0 spiro atoms. The van der Waals surface area contributed by atoms with Crippen LogP contribution >= 0.6 is 11.6 Å². The molecule has 1 heterocycles. The number of rotatable bonds is 4. The Hall–Kier alpha value is -1.63. The number of carbonyl (C=O) groups excluding carboxylic acids is 2. The van der Waals surface area contributed by atoms with Crippen LogP contribution in [0.1, 0.15) is 22.8 Å². The van der Waals surface area contributed by atoms with Gasteiger partial charge >= 0.3 is 12.1 Å². The number of aromatic nitrogens is 1. The van der Waals surface area contributed by atoms with Gasteiger partial charge in [-0.15, -0.1) is 0 Å². The van der Waals surface area contributed by atoms with Crippen molar-refractivity contribution >= 4 is 23.4 Å². The zero-order valence-corrected chi connectivity index (χ0v) is 10.5. The maximum absolute atomic E-state index is 12.3.